The van der Waals surface area contributed by atoms with Crippen LogP contribution in [0.4, 0.5) is 0 Å². The number of hydrogen-bond donors (Lipinski definition) is 1. The lowest BCUT2D eigenvalue weighted by atomic mass is 10.1. The lowest BCUT2D eigenvalue weighted by molar-refractivity contribution is -0.122. The number of benzene rings is 3. The number of amides is 1. The van der Waals surface area contributed by atoms with Crippen LogP contribution in [0.3, 0.4) is 0 Å². The minimum Gasteiger partial charge on any atom is -0.368 e. The van der Waals surface area contributed by atoms with Gasteiger partial charge in [0.2, 0.25) is 15.9 Å². The second kappa shape index (κ2) is 8.37. The fraction of sp³-hybridized carbons (Fsp3) is 0.136. The summed E-state index contributed by atoms with van der Waals surface area (Å²) in [4.78, 5) is 12.5. The van der Waals surface area contributed by atoms with Crippen LogP contribution in [0.1, 0.15) is 22.7 Å². The quantitative estimate of drug-likeness (QED) is 0.667. The highest BCUT2D eigenvalue weighted by atomic mass is 32.2. The van der Waals surface area contributed by atoms with Crippen LogP contribution in [-0.2, 0) is 21.4 Å². The van der Waals surface area contributed by atoms with Gasteiger partial charge < -0.3 is 5.73 Å². The fourth-order valence-electron chi connectivity index (χ4n) is 3.10. The van der Waals surface area contributed by atoms with Gasteiger partial charge in [-0.3, -0.25) is 4.79 Å². The molecule has 0 bridgehead atoms. The predicted molar refractivity (Wildman–Crippen MR) is 109 cm³/mol. The van der Waals surface area contributed by atoms with Crippen LogP contribution in [0.15, 0.2) is 89.8 Å². The van der Waals surface area contributed by atoms with Crippen molar-refractivity contribution in [2.45, 2.75) is 24.4 Å². The maximum absolute atomic E-state index is 13.5. The van der Waals surface area contributed by atoms with Crippen molar-refractivity contribution in [3.05, 3.63) is 102 Å². The van der Waals surface area contributed by atoms with Gasteiger partial charge in [-0.05, 0) is 35.7 Å². The first kappa shape index (κ1) is 19.8. The predicted octanol–water partition coefficient (Wildman–Crippen LogP) is 3.41. The summed E-state index contributed by atoms with van der Waals surface area (Å²) in [5.74, 6) is -0.724. The van der Waals surface area contributed by atoms with E-state index in [-0.39, 0.29) is 11.4 Å². The van der Waals surface area contributed by atoms with Gasteiger partial charge in [0.1, 0.15) is 6.04 Å². The first-order chi connectivity index (χ1) is 13.4. The number of hydrogen-bond acceptors (Lipinski definition) is 3. The third kappa shape index (κ3) is 4.30. The van der Waals surface area contributed by atoms with Crippen molar-refractivity contribution < 1.29 is 13.2 Å². The Bertz CT molecular complexity index is 1050. The van der Waals surface area contributed by atoms with Crippen LogP contribution in [0, 0.1) is 6.92 Å². The molecule has 0 aliphatic carbocycles. The smallest absolute Gasteiger partial charge is 0.244 e. The summed E-state index contributed by atoms with van der Waals surface area (Å²) < 4.78 is 28.2. The van der Waals surface area contributed by atoms with Gasteiger partial charge in [-0.2, -0.15) is 4.31 Å². The molecular formula is C22H22N2O3S. The van der Waals surface area contributed by atoms with E-state index < -0.39 is 22.0 Å². The van der Waals surface area contributed by atoms with Crippen LogP contribution < -0.4 is 5.73 Å². The standard InChI is InChI=1S/C22H22N2O3S/c1-17-9-8-14-20(15-17)28(26,27)24(16-18-10-4-2-5-11-18)21(22(23)25)19-12-6-3-7-13-19/h2-15,21H,16H2,1H3,(H2,23,25)/t21-/m1/s1. The van der Waals surface area contributed by atoms with Crippen molar-refractivity contribution in [2.75, 3.05) is 0 Å². The zero-order valence-electron chi connectivity index (χ0n) is 15.5. The van der Waals surface area contributed by atoms with E-state index in [1.54, 1.807) is 42.5 Å². The highest BCUT2D eigenvalue weighted by molar-refractivity contribution is 7.89. The highest BCUT2D eigenvalue weighted by Gasteiger charge is 2.36. The van der Waals surface area contributed by atoms with Gasteiger partial charge in [-0.25, -0.2) is 8.42 Å². The first-order valence-electron chi connectivity index (χ1n) is 8.86. The Hall–Kier alpha value is -2.96. The molecule has 0 aliphatic rings. The molecule has 0 spiro atoms. The molecule has 5 nitrogen and oxygen atoms in total. The third-order valence-corrected chi connectivity index (χ3v) is 6.26. The Morgan fingerprint density at radius 3 is 2.11 bits per heavy atom. The molecule has 0 radical (unpaired) electrons. The highest BCUT2D eigenvalue weighted by Crippen LogP contribution is 2.30. The summed E-state index contributed by atoms with van der Waals surface area (Å²) in [5, 5.41) is 0. The lowest BCUT2D eigenvalue weighted by Gasteiger charge is -2.29. The number of rotatable bonds is 7. The van der Waals surface area contributed by atoms with Crippen molar-refractivity contribution in [2.24, 2.45) is 5.73 Å². The number of sulfonamides is 1. The van der Waals surface area contributed by atoms with E-state index in [9.17, 15) is 13.2 Å². The second-order valence-electron chi connectivity index (χ2n) is 6.57. The normalized spacial score (nSPS) is 12.6. The molecule has 0 aromatic heterocycles. The molecule has 0 heterocycles. The van der Waals surface area contributed by atoms with Crippen molar-refractivity contribution in [3.8, 4) is 0 Å². The summed E-state index contributed by atoms with van der Waals surface area (Å²) in [6.07, 6.45) is 0. The Morgan fingerprint density at radius 2 is 1.54 bits per heavy atom. The molecule has 0 saturated carbocycles. The van der Waals surface area contributed by atoms with Gasteiger partial charge in [0.05, 0.1) is 4.90 Å². The Morgan fingerprint density at radius 1 is 0.929 bits per heavy atom. The minimum absolute atomic E-state index is 0.0274. The number of carbonyl (C=O) groups is 1. The van der Waals surface area contributed by atoms with Crippen molar-refractivity contribution in [1.82, 2.24) is 4.31 Å². The zero-order chi connectivity index (χ0) is 20.1. The Balaban J connectivity index is 2.15. The summed E-state index contributed by atoms with van der Waals surface area (Å²) in [7, 11) is -3.98. The third-order valence-electron chi connectivity index (χ3n) is 4.45. The van der Waals surface area contributed by atoms with Crippen LogP contribution in [0.2, 0.25) is 0 Å². The number of carbonyl (C=O) groups excluding carboxylic acids is 1. The molecule has 6 heteroatoms. The van der Waals surface area contributed by atoms with E-state index in [4.69, 9.17) is 5.73 Å². The maximum Gasteiger partial charge on any atom is 0.244 e. The molecule has 0 unspecified atom stereocenters. The van der Waals surface area contributed by atoms with Crippen molar-refractivity contribution >= 4 is 15.9 Å². The van der Waals surface area contributed by atoms with E-state index >= 15 is 0 Å². The van der Waals surface area contributed by atoms with E-state index in [1.165, 1.54) is 10.4 Å². The number of nitrogens with two attached hydrogens (primary N) is 1. The van der Waals surface area contributed by atoms with Crippen molar-refractivity contribution in [1.29, 1.82) is 0 Å². The van der Waals surface area contributed by atoms with Gasteiger partial charge in [0, 0.05) is 6.54 Å². The molecule has 3 aromatic rings. The molecule has 3 rings (SSSR count). The molecule has 3 aromatic carbocycles. The number of primary amides is 1. The van der Waals surface area contributed by atoms with Gasteiger partial charge in [-0.1, -0.05) is 72.8 Å². The van der Waals surface area contributed by atoms with Gasteiger partial charge in [0.25, 0.3) is 0 Å². The summed E-state index contributed by atoms with van der Waals surface area (Å²) in [6, 6.07) is 23.4. The molecule has 1 atom stereocenters. The molecular weight excluding hydrogens is 372 g/mol. The van der Waals surface area contributed by atoms with Crippen LogP contribution >= 0.6 is 0 Å². The first-order valence-corrected chi connectivity index (χ1v) is 10.3. The van der Waals surface area contributed by atoms with Crippen molar-refractivity contribution in [3.63, 3.8) is 0 Å². The van der Waals surface area contributed by atoms with Gasteiger partial charge in [0.15, 0.2) is 0 Å². The monoisotopic (exact) mass is 394 g/mol. The SMILES string of the molecule is Cc1cccc(S(=O)(=O)N(Cc2ccccc2)[C@@H](C(N)=O)c2ccccc2)c1. The molecule has 0 fully saturated rings. The summed E-state index contributed by atoms with van der Waals surface area (Å²) in [5.41, 5.74) is 7.79. The van der Waals surface area contributed by atoms with E-state index in [2.05, 4.69) is 0 Å². The number of nitrogens with zero attached hydrogens (tertiary/aromatic N) is 1. The average Bonchev–Trinajstić information content (AvgIpc) is 2.69. The van der Waals surface area contributed by atoms with Gasteiger partial charge >= 0.3 is 0 Å². The minimum atomic E-state index is -3.98. The van der Waals surface area contributed by atoms with E-state index in [1.807, 2.05) is 43.3 Å². The molecule has 0 saturated heterocycles. The largest absolute Gasteiger partial charge is 0.368 e. The molecule has 1 amide bonds. The lowest BCUT2D eigenvalue weighted by Crippen LogP contribution is -2.41. The fourth-order valence-corrected chi connectivity index (χ4v) is 4.78. The Labute approximate surface area is 165 Å². The molecule has 2 N–H and O–H groups in total. The topological polar surface area (TPSA) is 80.5 Å². The van der Waals surface area contributed by atoms with Gasteiger partial charge in [-0.15, -0.1) is 0 Å². The van der Waals surface area contributed by atoms with Crippen LogP contribution in [0.25, 0.3) is 0 Å². The Kier molecular flexibility index (Phi) is 5.92. The van der Waals surface area contributed by atoms with E-state index in [0.717, 1.165) is 11.1 Å². The zero-order valence-corrected chi connectivity index (χ0v) is 16.3. The average molecular weight is 394 g/mol. The summed E-state index contributed by atoms with van der Waals surface area (Å²) >= 11 is 0. The maximum atomic E-state index is 13.5. The van der Waals surface area contributed by atoms with Crippen LogP contribution in [-0.4, -0.2) is 18.6 Å². The molecule has 0 aliphatic heterocycles. The number of aryl methyl sites for hydroxylation is 1. The molecule has 144 valence electrons. The van der Waals surface area contributed by atoms with E-state index in [0.29, 0.717) is 5.56 Å². The second-order valence-corrected chi connectivity index (χ2v) is 8.46. The molecule has 28 heavy (non-hydrogen) atoms. The summed E-state index contributed by atoms with van der Waals surface area (Å²) in [6.45, 7) is 1.85. The van der Waals surface area contributed by atoms with Crippen LogP contribution in [0.5, 0.6) is 0 Å².